The van der Waals surface area contributed by atoms with E-state index in [-0.39, 0.29) is 15.5 Å². The molecule has 0 saturated heterocycles. The Hall–Kier alpha value is -2.06. The molecular weight excluding hydrogens is 326 g/mol. The monoisotopic (exact) mass is 341 g/mol. The fraction of sp³-hybridized carbons (Fsp3) is 0.214. The van der Waals surface area contributed by atoms with Crippen molar-refractivity contribution < 1.29 is 22.7 Å². The third-order valence-electron chi connectivity index (χ3n) is 2.73. The number of rotatable bonds is 6. The van der Waals surface area contributed by atoms with Crippen LogP contribution in [0.5, 0.6) is 5.75 Å². The molecule has 0 unspecified atom stereocenters. The fourth-order valence-electron chi connectivity index (χ4n) is 1.73. The summed E-state index contributed by atoms with van der Waals surface area (Å²) in [6.45, 7) is 2.35. The lowest BCUT2D eigenvalue weighted by Crippen LogP contribution is -2.14. The number of methoxy groups -OCH3 is 1. The molecule has 0 aliphatic carbocycles. The highest BCUT2D eigenvalue weighted by Gasteiger charge is 2.20. The molecule has 1 N–H and O–H groups in total. The van der Waals surface area contributed by atoms with E-state index in [0.717, 1.165) is 11.3 Å². The summed E-state index contributed by atoms with van der Waals surface area (Å²) in [5.41, 5.74) is 0.200. The minimum absolute atomic E-state index is 0.0815. The topological polar surface area (TPSA) is 81.7 Å². The van der Waals surface area contributed by atoms with E-state index in [2.05, 4.69) is 9.46 Å². The molecule has 1 aromatic carbocycles. The van der Waals surface area contributed by atoms with Crippen molar-refractivity contribution in [3.8, 4) is 5.75 Å². The average Bonchev–Trinajstić information content (AvgIpc) is 2.95. The van der Waals surface area contributed by atoms with Crippen molar-refractivity contribution in [2.75, 3.05) is 18.4 Å². The van der Waals surface area contributed by atoms with E-state index in [0.29, 0.717) is 12.4 Å². The van der Waals surface area contributed by atoms with Crippen LogP contribution < -0.4 is 9.46 Å². The van der Waals surface area contributed by atoms with Gasteiger partial charge in [0.05, 0.1) is 24.3 Å². The van der Waals surface area contributed by atoms with Crippen LogP contribution in [0.1, 0.15) is 16.6 Å². The zero-order valence-corrected chi connectivity index (χ0v) is 13.7. The van der Waals surface area contributed by atoms with E-state index in [9.17, 15) is 13.2 Å². The van der Waals surface area contributed by atoms with E-state index in [1.807, 2.05) is 6.92 Å². The predicted octanol–water partition coefficient (Wildman–Crippen LogP) is 2.73. The number of nitrogens with one attached hydrogen (secondary N) is 1. The molecule has 0 aliphatic heterocycles. The van der Waals surface area contributed by atoms with Gasteiger partial charge in [0.2, 0.25) is 0 Å². The largest absolute Gasteiger partial charge is 0.494 e. The summed E-state index contributed by atoms with van der Waals surface area (Å²) in [5.74, 6) is 0.00614. The van der Waals surface area contributed by atoms with Crippen LogP contribution in [0.2, 0.25) is 0 Å². The summed E-state index contributed by atoms with van der Waals surface area (Å²) in [6, 6.07) is 7.55. The van der Waals surface area contributed by atoms with Crippen LogP contribution in [0.15, 0.2) is 40.6 Å². The highest BCUT2D eigenvalue weighted by Crippen LogP contribution is 2.26. The Labute approximate surface area is 132 Å². The van der Waals surface area contributed by atoms with Gasteiger partial charge in [-0.15, -0.1) is 11.3 Å². The van der Waals surface area contributed by atoms with Gasteiger partial charge in [0.25, 0.3) is 10.0 Å². The summed E-state index contributed by atoms with van der Waals surface area (Å²) in [7, 11) is -2.54. The summed E-state index contributed by atoms with van der Waals surface area (Å²) >= 11 is 1.11. The van der Waals surface area contributed by atoms with Crippen molar-refractivity contribution in [2.24, 2.45) is 0 Å². The van der Waals surface area contributed by atoms with Crippen molar-refractivity contribution in [1.82, 2.24) is 0 Å². The number of hydrogen-bond acceptors (Lipinski definition) is 6. The lowest BCUT2D eigenvalue weighted by atomic mass is 10.3. The Balaban J connectivity index is 2.24. The molecule has 2 rings (SSSR count). The molecule has 0 bridgehead atoms. The summed E-state index contributed by atoms with van der Waals surface area (Å²) in [4.78, 5) is 11.9. The summed E-state index contributed by atoms with van der Waals surface area (Å²) in [6.07, 6.45) is 0. The van der Waals surface area contributed by atoms with Gasteiger partial charge in [-0.05, 0) is 42.6 Å². The Bertz CT molecular complexity index is 750. The maximum Gasteiger partial charge on any atom is 0.350 e. The number of sulfonamides is 1. The Morgan fingerprint density at radius 1 is 1.23 bits per heavy atom. The van der Waals surface area contributed by atoms with Crippen molar-refractivity contribution >= 4 is 33.0 Å². The van der Waals surface area contributed by atoms with E-state index < -0.39 is 16.0 Å². The van der Waals surface area contributed by atoms with Crippen LogP contribution in [-0.4, -0.2) is 28.1 Å². The number of esters is 1. The second kappa shape index (κ2) is 6.80. The lowest BCUT2D eigenvalue weighted by Gasteiger charge is -2.09. The van der Waals surface area contributed by atoms with Gasteiger partial charge in [-0.25, -0.2) is 13.2 Å². The molecule has 0 amide bonds. The molecule has 22 heavy (non-hydrogen) atoms. The highest BCUT2D eigenvalue weighted by atomic mass is 32.2. The van der Waals surface area contributed by atoms with Crippen LogP contribution >= 0.6 is 11.3 Å². The molecule has 0 spiro atoms. The quantitative estimate of drug-likeness (QED) is 0.817. The first-order valence-corrected chi connectivity index (χ1v) is 8.75. The van der Waals surface area contributed by atoms with Gasteiger partial charge in [-0.1, -0.05) is 0 Å². The first kappa shape index (κ1) is 16.3. The number of ether oxygens (including phenoxy) is 2. The maximum atomic E-state index is 12.3. The number of benzene rings is 1. The molecule has 0 atom stereocenters. The highest BCUT2D eigenvalue weighted by molar-refractivity contribution is 7.92. The molecule has 1 heterocycles. The maximum absolute atomic E-state index is 12.3. The molecule has 6 nitrogen and oxygen atoms in total. The Morgan fingerprint density at radius 3 is 2.50 bits per heavy atom. The summed E-state index contributed by atoms with van der Waals surface area (Å²) in [5, 5.41) is 1.61. The Kier molecular flexibility index (Phi) is 5.04. The zero-order chi connectivity index (χ0) is 16.2. The second-order valence-electron chi connectivity index (χ2n) is 4.16. The van der Waals surface area contributed by atoms with Crippen LogP contribution in [-0.2, 0) is 14.8 Å². The lowest BCUT2D eigenvalue weighted by molar-refractivity contribution is 0.0607. The molecule has 0 aliphatic rings. The number of carbonyl (C=O) groups is 1. The molecule has 0 radical (unpaired) electrons. The SMILES string of the molecule is CCOc1ccc(S(=O)(=O)Nc2ccsc2C(=O)OC)cc1. The minimum Gasteiger partial charge on any atom is -0.494 e. The van der Waals surface area contributed by atoms with E-state index >= 15 is 0 Å². The van der Waals surface area contributed by atoms with E-state index in [1.165, 1.54) is 25.3 Å². The number of hydrogen-bond donors (Lipinski definition) is 1. The van der Waals surface area contributed by atoms with Gasteiger partial charge >= 0.3 is 5.97 Å². The van der Waals surface area contributed by atoms with Gasteiger partial charge in [0.1, 0.15) is 10.6 Å². The van der Waals surface area contributed by atoms with Crippen LogP contribution in [0.25, 0.3) is 0 Å². The minimum atomic E-state index is -3.79. The third-order valence-corrected chi connectivity index (χ3v) is 5.00. The molecular formula is C14H15NO5S2. The van der Waals surface area contributed by atoms with Gasteiger partial charge in [-0.3, -0.25) is 4.72 Å². The van der Waals surface area contributed by atoms with Crippen LogP contribution in [0.4, 0.5) is 5.69 Å². The number of anilines is 1. The third kappa shape index (κ3) is 3.58. The molecule has 8 heteroatoms. The Morgan fingerprint density at radius 2 is 1.91 bits per heavy atom. The smallest absolute Gasteiger partial charge is 0.350 e. The average molecular weight is 341 g/mol. The normalized spacial score (nSPS) is 11.0. The second-order valence-corrected chi connectivity index (χ2v) is 6.76. The van der Waals surface area contributed by atoms with Crippen molar-refractivity contribution in [3.05, 3.63) is 40.6 Å². The molecule has 118 valence electrons. The molecule has 0 saturated carbocycles. The molecule has 0 fully saturated rings. The van der Waals surface area contributed by atoms with Crippen LogP contribution in [0.3, 0.4) is 0 Å². The first-order chi connectivity index (χ1) is 10.5. The van der Waals surface area contributed by atoms with Gasteiger partial charge < -0.3 is 9.47 Å². The van der Waals surface area contributed by atoms with E-state index in [1.54, 1.807) is 17.5 Å². The zero-order valence-electron chi connectivity index (χ0n) is 12.0. The van der Waals surface area contributed by atoms with E-state index in [4.69, 9.17) is 4.74 Å². The van der Waals surface area contributed by atoms with Crippen molar-refractivity contribution in [2.45, 2.75) is 11.8 Å². The molecule has 1 aromatic heterocycles. The van der Waals surface area contributed by atoms with Crippen molar-refractivity contribution in [1.29, 1.82) is 0 Å². The first-order valence-electron chi connectivity index (χ1n) is 6.39. The van der Waals surface area contributed by atoms with Gasteiger partial charge in [-0.2, -0.15) is 0 Å². The predicted molar refractivity (Wildman–Crippen MR) is 84.1 cm³/mol. The molecule has 2 aromatic rings. The van der Waals surface area contributed by atoms with Gasteiger partial charge in [0.15, 0.2) is 0 Å². The number of thiophene rings is 1. The standard InChI is InChI=1S/C14H15NO5S2/c1-3-20-10-4-6-11(7-5-10)22(17,18)15-12-8-9-21-13(12)14(16)19-2/h4-9,15H,3H2,1-2H3. The fourth-order valence-corrected chi connectivity index (χ4v) is 3.63. The summed E-state index contributed by atoms with van der Waals surface area (Å²) < 4.78 is 36.9. The van der Waals surface area contributed by atoms with Crippen LogP contribution in [0, 0.1) is 0 Å². The van der Waals surface area contributed by atoms with Crippen molar-refractivity contribution in [3.63, 3.8) is 0 Å². The number of carbonyl (C=O) groups excluding carboxylic acids is 1. The van der Waals surface area contributed by atoms with Gasteiger partial charge in [0, 0.05) is 0 Å².